The second kappa shape index (κ2) is 7.24. The number of carbonyl (C=O) groups excluding carboxylic acids is 1. The Morgan fingerprint density at radius 2 is 1.50 bits per heavy atom. The molecule has 0 unspecified atom stereocenters. The van der Waals surface area contributed by atoms with Crippen molar-refractivity contribution >= 4 is 14.1 Å². The Morgan fingerprint density at radius 1 is 1.00 bits per heavy atom. The van der Waals surface area contributed by atoms with Gasteiger partial charge in [0.1, 0.15) is 30.5 Å². The van der Waals surface area contributed by atoms with E-state index in [1.54, 1.807) is 0 Å². The molecule has 0 rings (SSSR count). The molecule has 0 aliphatic rings. The molecule has 0 heterocycles. The largest absolute Gasteiger partial charge is 0.469 e. The molecule has 10 nitrogen and oxygen atoms in total. The van der Waals surface area contributed by atoms with Crippen molar-refractivity contribution in [1.29, 1.82) is 0 Å². The quantitative estimate of drug-likeness (QED) is 0.172. The zero-order valence-electron chi connectivity index (χ0n) is 8.97. The number of phosphoric ester groups is 1. The fraction of sp³-hybridized carbons (Fsp3) is 0.857. The Kier molecular flexibility index (Phi) is 7.07. The van der Waals surface area contributed by atoms with E-state index in [4.69, 9.17) is 20.0 Å². The zero-order chi connectivity index (χ0) is 14.5. The Labute approximate surface area is 101 Å². The number of hydrogen-bond acceptors (Lipinski definition) is 8. The molecule has 0 aromatic carbocycles. The Morgan fingerprint density at radius 3 is 1.89 bits per heavy atom. The molecular formula is C7H15O10P. The minimum Gasteiger partial charge on any atom is -0.388 e. The SMILES string of the molecule is O=C[C@@H](O)[C@@H](O)[C@H](O)[C@H](O)[C@@H](O)COP(=O)(O)O. The van der Waals surface area contributed by atoms with Crippen molar-refractivity contribution < 1.29 is 49.2 Å². The fourth-order valence-electron chi connectivity index (χ4n) is 0.984. The van der Waals surface area contributed by atoms with Crippen molar-refractivity contribution in [2.24, 2.45) is 0 Å². The first kappa shape index (κ1) is 17.6. The van der Waals surface area contributed by atoms with Gasteiger partial charge < -0.3 is 40.1 Å². The van der Waals surface area contributed by atoms with Crippen molar-refractivity contribution in [3.63, 3.8) is 0 Å². The fourth-order valence-corrected chi connectivity index (χ4v) is 1.33. The molecule has 0 aromatic rings. The van der Waals surface area contributed by atoms with Crippen LogP contribution in [0.4, 0.5) is 0 Å². The Balaban J connectivity index is 4.40. The summed E-state index contributed by atoms with van der Waals surface area (Å²) in [5.74, 6) is 0. The number of aldehydes is 1. The summed E-state index contributed by atoms with van der Waals surface area (Å²) in [7, 11) is -4.86. The van der Waals surface area contributed by atoms with Gasteiger partial charge in [0.2, 0.25) is 0 Å². The van der Waals surface area contributed by atoms with E-state index in [1.165, 1.54) is 0 Å². The average Bonchev–Trinajstić information content (AvgIpc) is 2.31. The molecule has 7 N–H and O–H groups in total. The third-order valence-corrected chi connectivity index (χ3v) is 2.48. The monoisotopic (exact) mass is 290 g/mol. The molecule has 0 amide bonds. The van der Waals surface area contributed by atoms with E-state index in [1.807, 2.05) is 0 Å². The maximum atomic E-state index is 10.3. The molecule has 0 saturated heterocycles. The van der Waals surface area contributed by atoms with Gasteiger partial charge in [-0.2, -0.15) is 0 Å². The average molecular weight is 290 g/mol. The molecule has 108 valence electrons. The maximum absolute atomic E-state index is 10.3. The van der Waals surface area contributed by atoms with E-state index in [2.05, 4.69) is 4.52 Å². The van der Waals surface area contributed by atoms with E-state index in [-0.39, 0.29) is 6.29 Å². The van der Waals surface area contributed by atoms with E-state index in [9.17, 15) is 24.7 Å². The predicted molar refractivity (Wildman–Crippen MR) is 54.1 cm³/mol. The molecule has 0 spiro atoms. The smallest absolute Gasteiger partial charge is 0.388 e. The summed E-state index contributed by atoms with van der Waals surface area (Å²) in [6.45, 7) is -1.02. The van der Waals surface area contributed by atoms with Crippen LogP contribution < -0.4 is 0 Å². The Hall–Kier alpha value is -0.420. The van der Waals surface area contributed by atoms with E-state index >= 15 is 0 Å². The van der Waals surface area contributed by atoms with Crippen LogP contribution in [0.25, 0.3) is 0 Å². The summed E-state index contributed by atoms with van der Waals surface area (Å²) < 4.78 is 14.2. The molecule has 0 aromatic heterocycles. The highest BCUT2D eigenvalue weighted by Gasteiger charge is 2.35. The second-order valence-corrected chi connectivity index (χ2v) is 4.69. The molecule has 0 radical (unpaired) electrons. The van der Waals surface area contributed by atoms with Crippen LogP contribution in [0.15, 0.2) is 0 Å². The summed E-state index contributed by atoms with van der Waals surface area (Å²) in [4.78, 5) is 26.7. The highest BCUT2D eigenvalue weighted by atomic mass is 31.2. The lowest BCUT2D eigenvalue weighted by atomic mass is 10.0. The minimum atomic E-state index is -4.86. The van der Waals surface area contributed by atoms with Crippen molar-refractivity contribution in [2.75, 3.05) is 6.61 Å². The van der Waals surface area contributed by atoms with Crippen LogP contribution in [0.2, 0.25) is 0 Å². The summed E-state index contributed by atoms with van der Waals surface area (Å²) >= 11 is 0. The van der Waals surface area contributed by atoms with Gasteiger partial charge in [-0.25, -0.2) is 4.57 Å². The molecule has 0 bridgehead atoms. The van der Waals surface area contributed by atoms with Crippen molar-refractivity contribution in [3.8, 4) is 0 Å². The lowest BCUT2D eigenvalue weighted by molar-refractivity contribution is -0.147. The van der Waals surface area contributed by atoms with Gasteiger partial charge in [0.15, 0.2) is 6.29 Å². The molecule has 11 heteroatoms. The Bertz CT molecular complexity index is 303. The summed E-state index contributed by atoms with van der Waals surface area (Å²) in [5, 5.41) is 45.7. The van der Waals surface area contributed by atoms with Crippen LogP contribution in [0.5, 0.6) is 0 Å². The van der Waals surface area contributed by atoms with Gasteiger partial charge >= 0.3 is 7.82 Å². The van der Waals surface area contributed by atoms with Crippen LogP contribution in [0.3, 0.4) is 0 Å². The highest BCUT2D eigenvalue weighted by Crippen LogP contribution is 2.35. The van der Waals surface area contributed by atoms with Crippen LogP contribution in [0.1, 0.15) is 0 Å². The van der Waals surface area contributed by atoms with Crippen LogP contribution in [-0.2, 0) is 13.9 Å². The maximum Gasteiger partial charge on any atom is 0.469 e. The standard InChI is InChI=1S/C7H15O10P/c8-1-3(9)5(11)7(13)6(12)4(10)2-17-18(14,15)16/h1,3-7,9-13H,2H2,(H2,14,15,16)/t3-,4+,5-,6-,7+/m1/s1. The number of hydrogen-bond donors (Lipinski definition) is 7. The van der Waals surface area contributed by atoms with Gasteiger partial charge in [-0.3, -0.25) is 4.52 Å². The summed E-state index contributed by atoms with van der Waals surface area (Å²) in [6, 6.07) is 0. The minimum absolute atomic E-state index is 0.0981. The zero-order valence-corrected chi connectivity index (χ0v) is 9.87. The molecular weight excluding hydrogens is 275 g/mol. The normalized spacial score (nSPS) is 20.8. The summed E-state index contributed by atoms with van der Waals surface area (Å²) in [6.07, 6.45) is -10.3. The van der Waals surface area contributed by atoms with Crippen molar-refractivity contribution in [3.05, 3.63) is 0 Å². The van der Waals surface area contributed by atoms with Gasteiger partial charge in [0.05, 0.1) is 6.61 Å². The number of rotatable bonds is 8. The predicted octanol–water partition coefficient (Wildman–Crippen LogP) is -3.90. The third kappa shape index (κ3) is 5.96. The first-order valence-corrected chi connectivity index (χ1v) is 6.19. The van der Waals surface area contributed by atoms with E-state index in [0.29, 0.717) is 0 Å². The van der Waals surface area contributed by atoms with Gasteiger partial charge in [-0.1, -0.05) is 0 Å². The highest BCUT2D eigenvalue weighted by molar-refractivity contribution is 7.46. The van der Waals surface area contributed by atoms with E-state index < -0.39 is 44.9 Å². The third-order valence-electron chi connectivity index (χ3n) is 2.00. The molecule has 18 heavy (non-hydrogen) atoms. The molecule has 5 atom stereocenters. The molecule has 0 fully saturated rings. The number of aliphatic hydroxyl groups excluding tert-OH is 5. The lowest BCUT2D eigenvalue weighted by Crippen LogP contribution is -2.50. The first-order valence-electron chi connectivity index (χ1n) is 4.66. The number of carbonyl (C=O) groups is 1. The van der Waals surface area contributed by atoms with Gasteiger partial charge in [-0.05, 0) is 0 Å². The number of phosphoric acid groups is 1. The lowest BCUT2D eigenvalue weighted by Gasteiger charge is -2.27. The molecule has 0 aliphatic heterocycles. The van der Waals surface area contributed by atoms with Crippen molar-refractivity contribution in [2.45, 2.75) is 30.5 Å². The van der Waals surface area contributed by atoms with E-state index in [0.717, 1.165) is 0 Å². The van der Waals surface area contributed by atoms with Gasteiger partial charge in [-0.15, -0.1) is 0 Å². The summed E-state index contributed by atoms with van der Waals surface area (Å²) in [5.41, 5.74) is 0. The topological polar surface area (TPSA) is 185 Å². The van der Waals surface area contributed by atoms with Crippen molar-refractivity contribution in [1.82, 2.24) is 0 Å². The van der Waals surface area contributed by atoms with Crippen LogP contribution in [0, 0.1) is 0 Å². The number of aliphatic hydroxyl groups is 5. The van der Waals surface area contributed by atoms with Gasteiger partial charge in [0, 0.05) is 0 Å². The van der Waals surface area contributed by atoms with Crippen LogP contribution in [-0.4, -0.2) is 78.7 Å². The molecule has 0 aliphatic carbocycles. The first-order chi connectivity index (χ1) is 8.10. The molecule has 0 saturated carbocycles. The van der Waals surface area contributed by atoms with Gasteiger partial charge in [0.25, 0.3) is 0 Å². The second-order valence-electron chi connectivity index (χ2n) is 3.45. The van der Waals surface area contributed by atoms with Crippen LogP contribution >= 0.6 is 7.82 Å².